The molecule has 0 saturated carbocycles. The smallest absolute Gasteiger partial charge is 0.309 e. The summed E-state index contributed by atoms with van der Waals surface area (Å²) in [5.74, 6) is 0.478. The molecule has 0 amide bonds. The van der Waals surface area contributed by atoms with E-state index in [2.05, 4.69) is 11.1 Å². The monoisotopic (exact) mass is 260 g/mol. The van der Waals surface area contributed by atoms with Crippen LogP contribution in [0.2, 0.25) is 0 Å². The van der Waals surface area contributed by atoms with E-state index in [0.29, 0.717) is 12.4 Å². The van der Waals surface area contributed by atoms with Crippen molar-refractivity contribution in [2.24, 2.45) is 5.92 Å². The number of hydrogen-bond acceptors (Lipinski definition) is 4. The first-order valence-corrected chi connectivity index (χ1v) is 6.71. The van der Waals surface area contributed by atoms with Gasteiger partial charge in [-0.25, -0.2) is 4.98 Å². The lowest BCUT2D eigenvalue weighted by atomic mass is 9.88. The van der Waals surface area contributed by atoms with Crippen molar-refractivity contribution in [3.05, 3.63) is 29.5 Å². The Morgan fingerprint density at radius 2 is 2.32 bits per heavy atom. The van der Waals surface area contributed by atoms with Gasteiger partial charge in [0.25, 0.3) is 0 Å². The highest BCUT2D eigenvalue weighted by Gasteiger charge is 2.23. The Balaban J connectivity index is 2.08. The molecule has 1 aliphatic rings. The van der Waals surface area contributed by atoms with Gasteiger partial charge in [0.05, 0.1) is 18.2 Å². The first kappa shape index (κ1) is 13.6. The first-order valence-electron chi connectivity index (χ1n) is 6.71. The SMILES string of the molecule is CCOC(=O)C1CC=C(c2ccc(C)c(N)n2)CC1. The Morgan fingerprint density at radius 1 is 1.53 bits per heavy atom. The summed E-state index contributed by atoms with van der Waals surface area (Å²) in [6, 6.07) is 3.97. The number of nitrogen functional groups attached to an aromatic ring is 1. The quantitative estimate of drug-likeness (QED) is 0.849. The van der Waals surface area contributed by atoms with Gasteiger partial charge < -0.3 is 10.5 Å². The maximum Gasteiger partial charge on any atom is 0.309 e. The maximum atomic E-state index is 11.7. The highest BCUT2D eigenvalue weighted by atomic mass is 16.5. The van der Waals surface area contributed by atoms with Crippen molar-refractivity contribution in [1.29, 1.82) is 0 Å². The lowest BCUT2D eigenvalue weighted by Crippen LogP contribution is -2.19. The minimum absolute atomic E-state index is 0.00787. The maximum absolute atomic E-state index is 11.7. The molecule has 0 fully saturated rings. The van der Waals surface area contributed by atoms with Gasteiger partial charge in [-0.15, -0.1) is 0 Å². The third-order valence-electron chi connectivity index (χ3n) is 3.50. The molecule has 0 spiro atoms. The van der Waals surface area contributed by atoms with Crippen molar-refractivity contribution in [3.8, 4) is 0 Å². The van der Waals surface area contributed by atoms with E-state index in [1.807, 2.05) is 26.0 Å². The Morgan fingerprint density at radius 3 is 2.89 bits per heavy atom. The molecule has 0 aliphatic heterocycles. The average molecular weight is 260 g/mol. The highest BCUT2D eigenvalue weighted by Crippen LogP contribution is 2.30. The van der Waals surface area contributed by atoms with E-state index < -0.39 is 0 Å². The van der Waals surface area contributed by atoms with Crippen molar-refractivity contribution < 1.29 is 9.53 Å². The number of hydrogen-bond donors (Lipinski definition) is 1. The molecule has 2 N–H and O–H groups in total. The van der Waals surface area contributed by atoms with Crippen LogP contribution in [0.4, 0.5) is 5.82 Å². The van der Waals surface area contributed by atoms with Crippen LogP contribution in [0.25, 0.3) is 5.57 Å². The predicted molar refractivity (Wildman–Crippen MR) is 75.3 cm³/mol. The fourth-order valence-electron chi connectivity index (χ4n) is 2.26. The molecular formula is C15H20N2O2. The molecule has 1 aliphatic carbocycles. The van der Waals surface area contributed by atoms with E-state index in [-0.39, 0.29) is 11.9 Å². The molecular weight excluding hydrogens is 240 g/mol. The van der Waals surface area contributed by atoms with Crippen LogP contribution in [0.15, 0.2) is 18.2 Å². The lowest BCUT2D eigenvalue weighted by Gasteiger charge is -2.20. The van der Waals surface area contributed by atoms with E-state index in [1.165, 1.54) is 5.57 Å². The number of esters is 1. The van der Waals surface area contributed by atoms with Gasteiger partial charge in [-0.3, -0.25) is 4.79 Å². The van der Waals surface area contributed by atoms with E-state index in [0.717, 1.165) is 30.5 Å². The normalized spacial score (nSPS) is 18.8. The molecule has 0 saturated heterocycles. The van der Waals surface area contributed by atoms with Gasteiger partial charge in [0.15, 0.2) is 0 Å². The summed E-state index contributed by atoms with van der Waals surface area (Å²) in [6.07, 6.45) is 4.48. The summed E-state index contributed by atoms with van der Waals surface area (Å²) < 4.78 is 5.05. The number of rotatable bonds is 3. The molecule has 1 atom stereocenters. The summed E-state index contributed by atoms with van der Waals surface area (Å²) in [4.78, 5) is 16.0. The van der Waals surface area contributed by atoms with E-state index >= 15 is 0 Å². The van der Waals surface area contributed by atoms with Crippen LogP contribution in [0, 0.1) is 12.8 Å². The number of allylic oxidation sites excluding steroid dienone is 2. The van der Waals surface area contributed by atoms with Gasteiger partial charge in [0.1, 0.15) is 5.82 Å². The number of pyridine rings is 1. The molecule has 1 heterocycles. The second-order valence-corrected chi connectivity index (χ2v) is 4.85. The summed E-state index contributed by atoms with van der Waals surface area (Å²) in [6.45, 7) is 4.22. The molecule has 102 valence electrons. The zero-order chi connectivity index (χ0) is 13.8. The minimum atomic E-state index is -0.0887. The standard InChI is InChI=1S/C15H20N2O2/c1-3-19-15(18)12-7-5-11(6-8-12)13-9-4-10(2)14(16)17-13/h4-5,9,12H,3,6-8H2,1-2H3,(H2,16,17). The summed E-state index contributed by atoms with van der Waals surface area (Å²) in [7, 11) is 0. The second-order valence-electron chi connectivity index (χ2n) is 4.85. The van der Waals surface area contributed by atoms with Gasteiger partial charge in [-0.2, -0.15) is 0 Å². The minimum Gasteiger partial charge on any atom is -0.466 e. The molecule has 0 aromatic carbocycles. The molecule has 4 nitrogen and oxygen atoms in total. The number of ether oxygens (including phenoxy) is 1. The average Bonchev–Trinajstić information content (AvgIpc) is 2.42. The van der Waals surface area contributed by atoms with Crippen molar-refractivity contribution >= 4 is 17.4 Å². The van der Waals surface area contributed by atoms with E-state index in [4.69, 9.17) is 10.5 Å². The van der Waals surface area contributed by atoms with Crippen LogP contribution < -0.4 is 5.73 Å². The number of carbonyl (C=O) groups excluding carboxylic acids is 1. The third-order valence-corrected chi connectivity index (χ3v) is 3.50. The Labute approximate surface area is 113 Å². The fourth-order valence-corrected chi connectivity index (χ4v) is 2.26. The number of aromatic nitrogens is 1. The van der Waals surface area contributed by atoms with Gasteiger partial charge in [-0.05, 0) is 50.3 Å². The summed E-state index contributed by atoms with van der Waals surface area (Å²) in [5.41, 5.74) is 8.92. The van der Waals surface area contributed by atoms with Crippen LogP contribution in [-0.2, 0) is 9.53 Å². The Hall–Kier alpha value is -1.84. The third kappa shape index (κ3) is 3.13. The number of nitrogens with two attached hydrogens (primary N) is 1. The molecule has 1 aromatic rings. The Kier molecular flexibility index (Phi) is 4.20. The molecule has 4 heteroatoms. The van der Waals surface area contributed by atoms with Gasteiger partial charge in [0, 0.05) is 0 Å². The number of nitrogens with zero attached hydrogens (tertiary/aromatic N) is 1. The van der Waals surface area contributed by atoms with Crippen LogP contribution >= 0.6 is 0 Å². The number of carbonyl (C=O) groups is 1. The van der Waals surface area contributed by atoms with Gasteiger partial charge in [-0.1, -0.05) is 12.1 Å². The largest absolute Gasteiger partial charge is 0.466 e. The number of aryl methyl sites for hydroxylation is 1. The summed E-state index contributed by atoms with van der Waals surface area (Å²) >= 11 is 0. The van der Waals surface area contributed by atoms with Crippen molar-refractivity contribution in [1.82, 2.24) is 4.98 Å². The van der Waals surface area contributed by atoms with Crippen LogP contribution in [-0.4, -0.2) is 17.6 Å². The topological polar surface area (TPSA) is 65.2 Å². The molecule has 0 radical (unpaired) electrons. The van der Waals surface area contributed by atoms with Crippen LogP contribution in [0.1, 0.15) is 37.4 Å². The molecule has 19 heavy (non-hydrogen) atoms. The molecule has 1 aromatic heterocycles. The zero-order valence-corrected chi connectivity index (χ0v) is 11.5. The second kappa shape index (κ2) is 5.87. The molecule has 1 unspecified atom stereocenters. The van der Waals surface area contributed by atoms with Crippen LogP contribution in [0.3, 0.4) is 0 Å². The lowest BCUT2D eigenvalue weighted by molar-refractivity contribution is -0.148. The van der Waals surface area contributed by atoms with Crippen LogP contribution in [0.5, 0.6) is 0 Å². The van der Waals surface area contributed by atoms with Gasteiger partial charge in [0.2, 0.25) is 0 Å². The van der Waals surface area contributed by atoms with Crippen molar-refractivity contribution in [2.45, 2.75) is 33.1 Å². The predicted octanol–water partition coefficient (Wildman–Crippen LogP) is 2.72. The fraction of sp³-hybridized carbons (Fsp3) is 0.467. The highest BCUT2D eigenvalue weighted by molar-refractivity contribution is 5.75. The summed E-state index contributed by atoms with van der Waals surface area (Å²) in [5, 5.41) is 0. The molecule has 0 bridgehead atoms. The van der Waals surface area contributed by atoms with E-state index in [9.17, 15) is 4.79 Å². The first-order chi connectivity index (χ1) is 9.11. The van der Waals surface area contributed by atoms with Crippen molar-refractivity contribution in [2.75, 3.05) is 12.3 Å². The zero-order valence-electron chi connectivity index (χ0n) is 11.5. The van der Waals surface area contributed by atoms with E-state index in [1.54, 1.807) is 0 Å². The number of anilines is 1. The Bertz CT molecular complexity index is 509. The molecule has 2 rings (SSSR count). The van der Waals surface area contributed by atoms with Crippen molar-refractivity contribution in [3.63, 3.8) is 0 Å². The van der Waals surface area contributed by atoms with Gasteiger partial charge >= 0.3 is 5.97 Å².